The minimum Gasteiger partial charge on any atom is -0.383 e. The molecule has 1 aromatic rings. The number of amides is 1. The standard InChI is InChI=1S/C17H24N4O3/c1-2-3-21-14(22)12(13(18)20-16(21)24)19-15(23)17-7-9-4-10(8-17)6-11(17)5-9/h9-11H,2-8,18H2,1H3,(H,19,23)(H,20,24). The fourth-order valence-electron chi connectivity index (χ4n) is 5.54. The summed E-state index contributed by atoms with van der Waals surface area (Å²) in [6.45, 7) is 2.18. The van der Waals surface area contributed by atoms with E-state index < -0.39 is 11.2 Å². The number of hydrogen-bond donors (Lipinski definition) is 3. The van der Waals surface area contributed by atoms with Gasteiger partial charge >= 0.3 is 5.69 Å². The van der Waals surface area contributed by atoms with Crippen molar-refractivity contribution in [2.75, 3.05) is 11.1 Å². The van der Waals surface area contributed by atoms with Crippen LogP contribution in [0, 0.1) is 23.2 Å². The van der Waals surface area contributed by atoms with Crippen LogP contribution in [0.1, 0.15) is 45.4 Å². The molecule has 0 aliphatic heterocycles. The zero-order chi connectivity index (χ0) is 17.1. The van der Waals surface area contributed by atoms with Crippen LogP contribution in [-0.4, -0.2) is 15.5 Å². The predicted molar refractivity (Wildman–Crippen MR) is 90.6 cm³/mol. The number of nitrogen functional groups attached to an aromatic ring is 1. The van der Waals surface area contributed by atoms with E-state index in [2.05, 4.69) is 10.3 Å². The molecule has 2 unspecified atom stereocenters. The number of anilines is 2. The molecule has 4 aliphatic rings. The molecule has 4 bridgehead atoms. The topological polar surface area (TPSA) is 110 Å². The highest BCUT2D eigenvalue weighted by molar-refractivity contribution is 5.97. The zero-order valence-corrected chi connectivity index (χ0v) is 13.9. The minimum absolute atomic E-state index is 0.0219. The Morgan fingerprint density at radius 3 is 2.58 bits per heavy atom. The smallest absolute Gasteiger partial charge is 0.330 e. The summed E-state index contributed by atoms with van der Waals surface area (Å²) in [5.74, 6) is 1.59. The van der Waals surface area contributed by atoms with Crippen LogP contribution >= 0.6 is 0 Å². The number of carbonyl (C=O) groups excluding carboxylic acids is 1. The maximum Gasteiger partial charge on any atom is 0.330 e. The van der Waals surface area contributed by atoms with Gasteiger partial charge in [-0.2, -0.15) is 0 Å². The van der Waals surface area contributed by atoms with Crippen LogP contribution in [0.15, 0.2) is 9.59 Å². The van der Waals surface area contributed by atoms with Crippen LogP contribution in [-0.2, 0) is 11.3 Å². The molecule has 24 heavy (non-hydrogen) atoms. The van der Waals surface area contributed by atoms with Gasteiger partial charge in [-0.25, -0.2) is 4.79 Å². The van der Waals surface area contributed by atoms with Crippen molar-refractivity contribution in [2.45, 2.75) is 52.0 Å². The number of nitrogens with one attached hydrogen (secondary N) is 2. The number of nitrogens with zero attached hydrogens (tertiary/aromatic N) is 1. The van der Waals surface area contributed by atoms with Crippen LogP contribution in [0.5, 0.6) is 0 Å². The summed E-state index contributed by atoms with van der Waals surface area (Å²) in [4.78, 5) is 40.0. The summed E-state index contributed by atoms with van der Waals surface area (Å²) in [5.41, 5.74) is 4.46. The van der Waals surface area contributed by atoms with Gasteiger partial charge in [0.1, 0.15) is 11.5 Å². The molecule has 1 amide bonds. The van der Waals surface area contributed by atoms with Crippen LogP contribution in [0.2, 0.25) is 0 Å². The average Bonchev–Trinajstić information content (AvgIpc) is 2.93. The molecule has 0 spiro atoms. The molecular weight excluding hydrogens is 308 g/mol. The van der Waals surface area contributed by atoms with E-state index in [9.17, 15) is 14.4 Å². The second-order valence-corrected chi connectivity index (χ2v) is 7.83. The molecule has 4 aliphatic carbocycles. The van der Waals surface area contributed by atoms with E-state index >= 15 is 0 Å². The van der Waals surface area contributed by atoms with Gasteiger partial charge in [-0.15, -0.1) is 0 Å². The lowest BCUT2D eigenvalue weighted by atomic mass is 9.75. The van der Waals surface area contributed by atoms with Crippen molar-refractivity contribution in [3.63, 3.8) is 0 Å². The predicted octanol–water partition coefficient (Wildman–Crippen LogP) is 1.29. The van der Waals surface area contributed by atoms with E-state index in [1.807, 2.05) is 6.92 Å². The van der Waals surface area contributed by atoms with Crippen LogP contribution in [0.3, 0.4) is 0 Å². The molecular formula is C17H24N4O3. The molecule has 5 rings (SSSR count). The maximum atomic E-state index is 13.0. The van der Waals surface area contributed by atoms with E-state index in [1.165, 1.54) is 6.42 Å². The summed E-state index contributed by atoms with van der Waals surface area (Å²) in [7, 11) is 0. The van der Waals surface area contributed by atoms with Crippen molar-refractivity contribution in [2.24, 2.45) is 23.2 Å². The normalized spacial score (nSPS) is 33.1. The molecule has 7 nitrogen and oxygen atoms in total. The maximum absolute atomic E-state index is 13.0. The van der Waals surface area contributed by atoms with Crippen LogP contribution in [0.25, 0.3) is 0 Å². The summed E-state index contributed by atoms with van der Waals surface area (Å²) < 4.78 is 1.10. The molecule has 4 N–H and O–H groups in total. The molecule has 7 heteroatoms. The van der Waals surface area contributed by atoms with Crippen molar-refractivity contribution in [1.29, 1.82) is 0 Å². The third kappa shape index (κ3) is 2.06. The fraction of sp³-hybridized carbons (Fsp3) is 0.706. The lowest BCUT2D eigenvalue weighted by Crippen LogP contribution is -2.42. The van der Waals surface area contributed by atoms with E-state index in [1.54, 1.807) is 0 Å². The van der Waals surface area contributed by atoms with Crippen molar-refractivity contribution < 1.29 is 4.79 Å². The van der Waals surface area contributed by atoms with Gasteiger partial charge in [0, 0.05) is 6.54 Å². The van der Waals surface area contributed by atoms with Crippen molar-refractivity contribution >= 4 is 17.4 Å². The largest absolute Gasteiger partial charge is 0.383 e. The first-order chi connectivity index (χ1) is 11.4. The second kappa shape index (κ2) is 5.22. The van der Waals surface area contributed by atoms with Gasteiger partial charge in [0.15, 0.2) is 0 Å². The van der Waals surface area contributed by atoms with Crippen LogP contribution < -0.4 is 22.3 Å². The summed E-state index contributed by atoms with van der Waals surface area (Å²) >= 11 is 0. The quantitative estimate of drug-likeness (QED) is 0.771. The number of aromatic nitrogens is 2. The monoisotopic (exact) mass is 332 g/mol. The summed E-state index contributed by atoms with van der Waals surface area (Å²) in [6, 6.07) is 0. The second-order valence-electron chi connectivity index (χ2n) is 7.83. The minimum atomic E-state index is -0.531. The summed E-state index contributed by atoms with van der Waals surface area (Å²) in [6.07, 6.45) is 6.00. The molecule has 0 aromatic carbocycles. The third-order valence-electron chi connectivity index (χ3n) is 6.34. The molecule has 0 saturated heterocycles. The zero-order valence-electron chi connectivity index (χ0n) is 13.9. The fourth-order valence-corrected chi connectivity index (χ4v) is 5.54. The Kier molecular flexibility index (Phi) is 3.37. The van der Waals surface area contributed by atoms with Gasteiger partial charge in [0.2, 0.25) is 5.91 Å². The molecule has 0 radical (unpaired) electrons. The summed E-state index contributed by atoms with van der Waals surface area (Å²) in [5, 5.41) is 2.78. The van der Waals surface area contributed by atoms with E-state index in [0.717, 1.165) is 30.3 Å². The lowest BCUT2D eigenvalue weighted by molar-refractivity contribution is -0.127. The van der Waals surface area contributed by atoms with E-state index in [-0.39, 0.29) is 22.8 Å². The highest BCUT2D eigenvalue weighted by Gasteiger charge is 2.61. The highest BCUT2D eigenvalue weighted by Crippen LogP contribution is 2.65. The van der Waals surface area contributed by atoms with Crippen molar-refractivity contribution in [3.05, 3.63) is 20.8 Å². The Balaban J connectivity index is 1.67. The van der Waals surface area contributed by atoms with Gasteiger partial charge in [-0.3, -0.25) is 19.1 Å². The Labute approximate surface area is 139 Å². The van der Waals surface area contributed by atoms with Gasteiger partial charge in [0.05, 0.1) is 5.41 Å². The Hall–Kier alpha value is -2.05. The number of aromatic amines is 1. The lowest BCUT2D eigenvalue weighted by Gasteiger charge is -2.31. The van der Waals surface area contributed by atoms with Crippen molar-refractivity contribution in [1.82, 2.24) is 9.55 Å². The van der Waals surface area contributed by atoms with Gasteiger partial charge in [0.25, 0.3) is 5.56 Å². The number of carbonyl (C=O) groups is 1. The van der Waals surface area contributed by atoms with Crippen LogP contribution in [0.4, 0.5) is 11.5 Å². The first kappa shape index (κ1) is 15.5. The Morgan fingerprint density at radius 1 is 1.29 bits per heavy atom. The SMILES string of the molecule is CCCn1c(=O)[nH]c(N)c(NC(=O)C23CC4CC(CC2C4)C3)c1=O. The molecule has 130 valence electrons. The molecule has 4 fully saturated rings. The first-order valence-corrected chi connectivity index (χ1v) is 8.88. The molecule has 4 saturated carbocycles. The van der Waals surface area contributed by atoms with E-state index in [4.69, 9.17) is 5.73 Å². The average molecular weight is 332 g/mol. The van der Waals surface area contributed by atoms with Gasteiger partial charge in [-0.1, -0.05) is 6.92 Å². The number of rotatable bonds is 4. The Morgan fingerprint density at radius 2 is 1.96 bits per heavy atom. The molecule has 1 heterocycles. The number of nitrogens with two attached hydrogens (primary N) is 1. The first-order valence-electron chi connectivity index (χ1n) is 8.88. The third-order valence-corrected chi connectivity index (χ3v) is 6.34. The van der Waals surface area contributed by atoms with Crippen molar-refractivity contribution in [3.8, 4) is 0 Å². The van der Waals surface area contributed by atoms with Gasteiger partial charge in [-0.05, 0) is 56.3 Å². The molecule has 2 atom stereocenters. The van der Waals surface area contributed by atoms with Gasteiger partial charge < -0.3 is 11.1 Å². The Bertz CT molecular complexity index is 795. The highest BCUT2D eigenvalue weighted by atomic mass is 16.2. The number of hydrogen-bond acceptors (Lipinski definition) is 4. The van der Waals surface area contributed by atoms with E-state index in [0.29, 0.717) is 30.7 Å². The number of H-pyrrole nitrogens is 1. The molecule has 1 aromatic heterocycles.